The minimum Gasteiger partial charge on any atom is -0.302 e. The molecule has 2 rings (SSSR count). The molecule has 1 atom stereocenters. The second kappa shape index (κ2) is 5.47. The molecule has 0 bridgehead atoms. The first kappa shape index (κ1) is 11.6. The summed E-state index contributed by atoms with van der Waals surface area (Å²) in [6, 6.07) is 17.0. The predicted molar refractivity (Wildman–Crippen MR) is 70.7 cm³/mol. The van der Waals surface area contributed by atoms with E-state index in [1.165, 1.54) is 16.3 Å². The van der Waals surface area contributed by atoms with Crippen LogP contribution in [0.5, 0.6) is 0 Å². The van der Waals surface area contributed by atoms with E-state index in [-0.39, 0.29) is 6.04 Å². The molecule has 0 aliphatic carbocycles. The van der Waals surface area contributed by atoms with Crippen LogP contribution in [0.25, 0.3) is 10.8 Å². The maximum Gasteiger partial charge on any atom is 0.0924 e. The molecule has 0 saturated heterocycles. The molecule has 0 amide bonds. The summed E-state index contributed by atoms with van der Waals surface area (Å²) < 4.78 is 0. The van der Waals surface area contributed by atoms with Crippen LogP contribution in [0.4, 0.5) is 0 Å². The molecule has 2 aromatic rings. The van der Waals surface area contributed by atoms with Crippen molar-refractivity contribution >= 4 is 10.8 Å². The number of hydrogen-bond acceptors (Lipinski definition) is 2. The fourth-order valence-electron chi connectivity index (χ4n) is 1.87. The van der Waals surface area contributed by atoms with E-state index >= 15 is 0 Å². The normalized spacial score (nSPS) is 12.2. The van der Waals surface area contributed by atoms with Gasteiger partial charge in [-0.1, -0.05) is 42.5 Å². The van der Waals surface area contributed by atoms with Crippen LogP contribution >= 0.6 is 0 Å². The second-order valence-corrected chi connectivity index (χ2v) is 4.24. The van der Waals surface area contributed by atoms with Gasteiger partial charge in [-0.3, -0.25) is 0 Å². The van der Waals surface area contributed by atoms with E-state index in [1.807, 2.05) is 6.92 Å². The highest BCUT2D eigenvalue weighted by atomic mass is 14.9. The van der Waals surface area contributed by atoms with Gasteiger partial charge < -0.3 is 5.32 Å². The third kappa shape index (κ3) is 3.05. The molecule has 0 spiro atoms. The predicted octanol–water partition coefficient (Wildman–Crippen LogP) is 2.88. The SMILES string of the molecule is CC(C#N)NCCc1ccc2ccccc2c1. The lowest BCUT2D eigenvalue weighted by atomic mass is 10.1. The molecule has 0 aromatic heterocycles. The van der Waals surface area contributed by atoms with Crippen molar-refractivity contribution in [1.29, 1.82) is 5.26 Å². The minimum absolute atomic E-state index is 0.0737. The summed E-state index contributed by atoms with van der Waals surface area (Å²) in [6.45, 7) is 2.72. The minimum atomic E-state index is -0.0737. The van der Waals surface area contributed by atoms with Gasteiger partial charge in [0.05, 0.1) is 12.1 Å². The summed E-state index contributed by atoms with van der Waals surface area (Å²) >= 11 is 0. The zero-order chi connectivity index (χ0) is 12.1. The summed E-state index contributed by atoms with van der Waals surface area (Å²) in [5.41, 5.74) is 1.31. The van der Waals surface area contributed by atoms with Gasteiger partial charge in [0.1, 0.15) is 0 Å². The van der Waals surface area contributed by atoms with Crippen LogP contribution in [-0.4, -0.2) is 12.6 Å². The zero-order valence-electron chi connectivity index (χ0n) is 9.98. The molecule has 0 fully saturated rings. The number of benzene rings is 2. The van der Waals surface area contributed by atoms with Crippen molar-refractivity contribution in [2.75, 3.05) is 6.54 Å². The van der Waals surface area contributed by atoms with Gasteiger partial charge in [0.2, 0.25) is 0 Å². The molecule has 1 N–H and O–H groups in total. The van der Waals surface area contributed by atoms with Gasteiger partial charge in [0, 0.05) is 6.54 Å². The van der Waals surface area contributed by atoms with Gasteiger partial charge in [0.15, 0.2) is 0 Å². The first-order chi connectivity index (χ1) is 8.29. The number of rotatable bonds is 4. The van der Waals surface area contributed by atoms with E-state index in [1.54, 1.807) is 0 Å². The van der Waals surface area contributed by atoms with Crippen LogP contribution in [0.3, 0.4) is 0 Å². The van der Waals surface area contributed by atoms with Crippen LogP contribution in [0, 0.1) is 11.3 Å². The maximum absolute atomic E-state index is 8.66. The van der Waals surface area contributed by atoms with Crippen molar-refractivity contribution in [1.82, 2.24) is 5.32 Å². The van der Waals surface area contributed by atoms with E-state index in [4.69, 9.17) is 5.26 Å². The van der Waals surface area contributed by atoms with Crippen molar-refractivity contribution < 1.29 is 0 Å². The van der Waals surface area contributed by atoms with Crippen molar-refractivity contribution in [2.45, 2.75) is 19.4 Å². The lowest BCUT2D eigenvalue weighted by Crippen LogP contribution is -2.26. The summed E-state index contributed by atoms with van der Waals surface area (Å²) in [4.78, 5) is 0. The fourth-order valence-corrected chi connectivity index (χ4v) is 1.87. The molecule has 1 unspecified atom stereocenters. The standard InChI is InChI=1S/C15H16N2/c1-12(11-16)17-9-8-13-6-7-14-4-2-3-5-15(14)10-13/h2-7,10,12,17H,8-9H2,1H3. The lowest BCUT2D eigenvalue weighted by Gasteiger charge is -2.07. The highest BCUT2D eigenvalue weighted by molar-refractivity contribution is 5.82. The monoisotopic (exact) mass is 224 g/mol. The number of nitrogens with one attached hydrogen (secondary N) is 1. The average Bonchev–Trinajstić information content (AvgIpc) is 2.38. The second-order valence-electron chi connectivity index (χ2n) is 4.24. The number of nitriles is 1. The van der Waals surface area contributed by atoms with Crippen LogP contribution in [0.2, 0.25) is 0 Å². The summed E-state index contributed by atoms with van der Waals surface area (Å²) in [5.74, 6) is 0. The van der Waals surface area contributed by atoms with Crippen molar-refractivity contribution in [3.63, 3.8) is 0 Å². The summed E-state index contributed by atoms with van der Waals surface area (Å²) in [6.07, 6.45) is 0.955. The lowest BCUT2D eigenvalue weighted by molar-refractivity contribution is 0.641. The Bertz CT molecular complexity index is 540. The van der Waals surface area contributed by atoms with Crippen LogP contribution in [0.15, 0.2) is 42.5 Å². The molecular formula is C15H16N2. The van der Waals surface area contributed by atoms with Gasteiger partial charge in [-0.05, 0) is 29.7 Å². The molecule has 0 aliphatic heterocycles. The Balaban J connectivity index is 2.02. The van der Waals surface area contributed by atoms with E-state index < -0.39 is 0 Å². The van der Waals surface area contributed by atoms with Crippen LogP contribution < -0.4 is 5.32 Å². The molecule has 17 heavy (non-hydrogen) atoms. The molecule has 2 aromatic carbocycles. The molecule has 86 valence electrons. The smallest absolute Gasteiger partial charge is 0.0924 e. The highest BCUT2D eigenvalue weighted by Crippen LogP contribution is 2.15. The van der Waals surface area contributed by atoms with E-state index in [2.05, 4.69) is 53.9 Å². The quantitative estimate of drug-likeness (QED) is 0.866. The van der Waals surface area contributed by atoms with Crippen LogP contribution in [0.1, 0.15) is 12.5 Å². The number of nitrogens with zero attached hydrogens (tertiary/aromatic N) is 1. The van der Waals surface area contributed by atoms with Crippen LogP contribution in [-0.2, 0) is 6.42 Å². The van der Waals surface area contributed by atoms with Gasteiger partial charge in [-0.2, -0.15) is 5.26 Å². The Morgan fingerprint density at radius 1 is 1.18 bits per heavy atom. The number of fused-ring (bicyclic) bond motifs is 1. The molecule has 0 saturated carbocycles. The van der Waals surface area contributed by atoms with Gasteiger partial charge in [-0.15, -0.1) is 0 Å². The van der Waals surface area contributed by atoms with Gasteiger partial charge >= 0.3 is 0 Å². The van der Waals surface area contributed by atoms with Gasteiger partial charge in [0.25, 0.3) is 0 Å². The molecule has 0 heterocycles. The van der Waals surface area contributed by atoms with Crippen molar-refractivity contribution in [3.05, 3.63) is 48.0 Å². The van der Waals surface area contributed by atoms with Crippen molar-refractivity contribution in [2.24, 2.45) is 0 Å². The molecule has 2 nitrogen and oxygen atoms in total. The van der Waals surface area contributed by atoms with E-state index in [9.17, 15) is 0 Å². The Kier molecular flexibility index (Phi) is 3.74. The average molecular weight is 224 g/mol. The summed E-state index contributed by atoms with van der Waals surface area (Å²) in [5, 5.41) is 14.4. The molecular weight excluding hydrogens is 208 g/mol. The number of hydrogen-bond donors (Lipinski definition) is 1. The largest absolute Gasteiger partial charge is 0.302 e. The van der Waals surface area contributed by atoms with E-state index in [0.717, 1.165) is 13.0 Å². The Labute approximate surface area is 102 Å². The zero-order valence-corrected chi connectivity index (χ0v) is 9.98. The maximum atomic E-state index is 8.66. The first-order valence-electron chi connectivity index (χ1n) is 5.90. The summed E-state index contributed by atoms with van der Waals surface area (Å²) in [7, 11) is 0. The first-order valence-corrected chi connectivity index (χ1v) is 5.90. The third-order valence-corrected chi connectivity index (χ3v) is 2.87. The van der Waals surface area contributed by atoms with E-state index in [0.29, 0.717) is 0 Å². The Morgan fingerprint density at radius 3 is 2.71 bits per heavy atom. The van der Waals surface area contributed by atoms with Crippen molar-refractivity contribution in [3.8, 4) is 6.07 Å². The molecule has 0 aliphatic rings. The fraction of sp³-hybridized carbons (Fsp3) is 0.267. The molecule has 0 radical (unpaired) electrons. The Morgan fingerprint density at radius 2 is 1.94 bits per heavy atom. The topological polar surface area (TPSA) is 35.8 Å². The molecule has 2 heteroatoms. The Hall–Kier alpha value is -1.85. The van der Waals surface area contributed by atoms with Gasteiger partial charge in [-0.25, -0.2) is 0 Å². The third-order valence-electron chi connectivity index (χ3n) is 2.87. The highest BCUT2D eigenvalue weighted by Gasteiger charge is 1.99.